The molecule has 124 valence electrons. The molecular formula is C13H15FN4O4S. The second-order valence-corrected chi connectivity index (χ2v) is 6.46. The molecule has 10 heteroatoms. The van der Waals surface area contributed by atoms with Crippen LogP contribution in [0.2, 0.25) is 0 Å². The van der Waals surface area contributed by atoms with Crippen LogP contribution >= 0.6 is 0 Å². The number of hydrogen-bond acceptors (Lipinski definition) is 6. The van der Waals surface area contributed by atoms with Crippen molar-refractivity contribution in [3.05, 3.63) is 42.2 Å². The van der Waals surface area contributed by atoms with E-state index in [4.69, 9.17) is 0 Å². The van der Waals surface area contributed by atoms with E-state index in [0.717, 1.165) is 25.3 Å². The lowest BCUT2D eigenvalue weighted by molar-refractivity contribution is 0.0600. The van der Waals surface area contributed by atoms with Crippen LogP contribution in [0.15, 0.2) is 35.7 Å². The third kappa shape index (κ3) is 4.11. The zero-order chi connectivity index (χ0) is 17.0. The molecular weight excluding hydrogens is 327 g/mol. The number of rotatable bonds is 6. The fourth-order valence-electron chi connectivity index (χ4n) is 1.93. The molecule has 1 aromatic carbocycles. The lowest BCUT2D eigenvalue weighted by atomic mass is 10.2. The number of benzene rings is 1. The Morgan fingerprint density at radius 2 is 2.22 bits per heavy atom. The normalized spacial score (nSPS) is 12.8. The van der Waals surface area contributed by atoms with Gasteiger partial charge in [0.25, 0.3) is 0 Å². The topological polar surface area (TPSA) is 103 Å². The molecule has 23 heavy (non-hydrogen) atoms. The van der Waals surface area contributed by atoms with E-state index in [1.165, 1.54) is 17.3 Å². The average molecular weight is 342 g/mol. The van der Waals surface area contributed by atoms with Crippen LogP contribution in [0.4, 0.5) is 4.39 Å². The zero-order valence-electron chi connectivity index (χ0n) is 12.4. The van der Waals surface area contributed by atoms with Crippen LogP contribution in [-0.2, 0) is 21.3 Å². The van der Waals surface area contributed by atoms with Crippen LogP contribution < -0.4 is 4.72 Å². The van der Waals surface area contributed by atoms with Crippen LogP contribution in [0.5, 0.6) is 0 Å². The Bertz CT molecular complexity index is 792. The third-order valence-corrected chi connectivity index (χ3v) is 4.53. The Kier molecular flexibility index (Phi) is 5.06. The van der Waals surface area contributed by atoms with Gasteiger partial charge < -0.3 is 4.74 Å². The van der Waals surface area contributed by atoms with Gasteiger partial charge >= 0.3 is 5.97 Å². The third-order valence-electron chi connectivity index (χ3n) is 2.93. The summed E-state index contributed by atoms with van der Waals surface area (Å²) in [6, 6.07) is 2.43. The number of ether oxygens (including phenoxy) is 1. The van der Waals surface area contributed by atoms with Gasteiger partial charge in [-0.1, -0.05) is 0 Å². The quantitative estimate of drug-likeness (QED) is 0.770. The molecule has 0 saturated carbocycles. The van der Waals surface area contributed by atoms with Crippen molar-refractivity contribution in [1.82, 2.24) is 19.5 Å². The summed E-state index contributed by atoms with van der Waals surface area (Å²) in [5.74, 6) is -1.71. The molecule has 0 amide bonds. The smallest absolute Gasteiger partial charge is 0.337 e. The molecule has 0 fully saturated rings. The maximum Gasteiger partial charge on any atom is 0.337 e. The fraction of sp³-hybridized carbons (Fsp3) is 0.308. The van der Waals surface area contributed by atoms with Crippen molar-refractivity contribution in [3.63, 3.8) is 0 Å². The molecule has 0 bridgehead atoms. The van der Waals surface area contributed by atoms with Crippen molar-refractivity contribution in [3.8, 4) is 0 Å². The van der Waals surface area contributed by atoms with E-state index in [9.17, 15) is 17.6 Å². The Morgan fingerprint density at radius 3 is 2.83 bits per heavy atom. The molecule has 2 rings (SSSR count). The second kappa shape index (κ2) is 6.84. The standard InChI is InChI=1S/C13H15FN4O4S/c1-9(6-18-8-15-7-16-18)17-23(20,21)12-5-10(13(19)22-2)3-4-11(12)14/h3-5,7-9,17H,6H2,1-2H3. The fourth-order valence-corrected chi connectivity index (χ4v) is 3.27. The van der Waals surface area contributed by atoms with Gasteiger partial charge in [-0.2, -0.15) is 5.10 Å². The molecule has 0 radical (unpaired) electrons. The number of nitrogens with one attached hydrogen (secondary N) is 1. The van der Waals surface area contributed by atoms with E-state index < -0.39 is 32.7 Å². The van der Waals surface area contributed by atoms with E-state index in [1.807, 2.05) is 0 Å². The van der Waals surface area contributed by atoms with Gasteiger partial charge in [-0.15, -0.1) is 0 Å². The summed E-state index contributed by atoms with van der Waals surface area (Å²) >= 11 is 0. The van der Waals surface area contributed by atoms with Gasteiger partial charge in [0.2, 0.25) is 10.0 Å². The summed E-state index contributed by atoms with van der Waals surface area (Å²) in [6.45, 7) is 1.82. The van der Waals surface area contributed by atoms with Crippen LogP contribution in [0.1, 0.15) is 17.3 Å². The first-order valence-electron chi connectivity index (χ1n) is 6.56. The first-order valence-corrected chi connectivity index (χ1v) is 8.04. The molecule has 1 N–H and O–H groups in total. The maximum atomic E-state index is 13.9. The van der Waals surface area contributed by atoms with Crippen molar-refractivity contribution in [2.45, 2.75) is 24.4 Å². The monoisotopic (exact) mass is 342 g/mol. The summed E-state index contributed by atoms with van der Waals surface area (Å²) in [4.78, 5) is 14.6. The molecule has 1 atom stereocenters. The summed E-state index contributed by atoms with van der Waals surface area (Å²) in [7, 11) is -3.00. The minimum absolute atomic E-state index is 0.0572. The Hall–Kier alpha value is -2.33. The highest BCUT2D eigenvalue weighted by Gasteiger charge is 2.23. The highest BCUT2D eigenvalue weighted by atomic mass is 32.2. The number of esters is 1. The Balaban J connectivity index is 2.23. The van der Waals surface area contributed by atoms with Gasteiger partial charge in [0.05, 0.1) is 19.2 Å². The lowest BCUT2D eigenvalue weighted by Gasteiger charge is -2.15. The number of aromatic nitrogens is 3. The molecule has 2 aromatic rings. The van der Waals surface area contributed by atoms with Gasteiger partial charge in [-0.05, 0) is 25.1 Å². The highest BCUT2D eigenvalue weighted by molar-refractivity contribution is 7.89. The predicted molar refractivity (Wildman–Crippen MR) is 77.5 cm³/mol. The number of methoxy groups -OCH3 is 1. The summed E-state index contributed by atoms with van der Waals surface area (Å²) in [5, 5.41) is 3.86. The molecule has 0 saturated heterocycles. The number of carbonyl (C=O) groups is 1. The Morgan fingerprint density at radius 1 is 1.48 bits per heavy atom. The average Bonchev–Trinajstić information content (AvgIpc) is 2.98. The number of sulfonamides is 1. The van der Waals surface area contributed by atoms with Crippen LogP contribution in [0.3, 0.4) is 0 Å². The van der Waals surface area contributed by atoms with Gasteiger partial charge in [0.15, 0.2) is 0 Å². The molecule has 1 unspecified atom stereocenters. The van der Waals surface area contributed by atoms with Crippen molar-refractivity contribution < 1.29 is 22.3 Å². The summed E-state index contributed by atoms with van der Waals surface area (Å²) in [6.07, 6.45) is 2.75. The first kappa shape index (κ1) is 17.0. The van der Waals surface area contributed by atoms with Gasteiger partial charge in [0.1, 0.15) is 23.4 Å². The first-order chi connectivity index (χ1) is 10.8. The number of halogens is 1. The van der Waals surface area contributed by atoms with E-state index in [2.05, 4.69) is 19.5 Å². The number of nitrogens with zero attached hydrogens (tertiary/aromatic N) is 3. The molecule has 1 heterocycles. The molecule has 0 aliphatic rings. The molecule has 0 spiro atoms. The second-order valence-electron chi connectivity index (χ2n) is 4.78. The van der Waals surface area contributed by atoms with E-state index >= 15 is 0 Å². The predicted octanol–water partition coefficient (Wildman–Crippen LogP) is 0.571. The van der Waals surface area contributed by atoms with Gasteiger partial charge in [0, 0.05) is 6.04 Å². The molecule has 8 nitrogen and oxygen atoms in total. The summed E-state index contributed by atoms with van der Waals surface area (Å²) in [5.41, 5.74) is -0.0572. The molecule has 1 aromatic heterocycles. The minimum atomic E-state index is -4.15. The van der Waals surface area contributed by atoms with Gasteiger partial charge in [-0.3, -0.25) is 4.68 Å². The van der Waals surface area contributed by atoms with E-state index in [1.54, 1.807) is 6.92 Å². The van der Waals surface area contributed by atoms with Crippen LogP contribution in [0.25, 0.3) is 0 Å². The van der Waals surface area contributed by atoms with Gasteiger partial charge in [-0.25, -0.2) is 27.3 Å². The van der Waals surface area contributed by atoms with Crippen LogP contribution in [0, 0.1) is 5.82 Å². The number of hydrogen-bond donors (Lipinski definition) is 1. The summed E-state index contributed by atoms with van der Waals surface area (Å²) < 4.78 is 46.7. The largest absolute Gasteiger partial charge is 0.465 e. The molecule has 0 aliphatic carbocycles. The Labute approximate surface area is 132 Å². The van der Waals surface area contributed by atoms with E-state index in [0.29, 0.717) is 0 Å². The highest BCUT2D eigenvalue weighted by Crippen LogP contribution is 2.17. The van der Waals surface area contributed by atoms with Crippen molar-refractivity contribution in [2.75, 3.05) is 7.11 Å². The maximum absolute atomic E-state index is 13.9. The van der Waals surface area contributed by atoms with Crippen LogP contribution in [-0.4, -0.2) is 42.3 Å². The van der Waals surface area contributed by atoms with Crippen molar-refractivity contribution in [1.29, 1.82) is 0 Å². The van der Waals surface area contributed by atoms with Crippen molar-refractivity contribution >= 4 is 16.0 Å². The molecule has 0 aliphatic heterocycles. The van der Waals surface area contributed by atoms with E-state index in [-0.39, 0.29) is 12.1 Å². The lowest BCUT2D eigenvalue weighted by Crippen LogP contribution is -2.36. The van der Waals surface area contributed by atoms with Crippen molar-refractivity contribution in [2.24, 2.45) is 0 Å². The minimum Gasteiger partial charge on any atom is -0.465 e. The zero-order valence-corrected chi connectivity index (χ0v) is 13.2. The number of carbonyl (C=O) groups excluding carboxylic acids is 1. The SMILES string of the molecule is COC(=O)c1ccc(F)c(S(=O)(=O)NC(C)Cn2cncn2)c1.